The monoisotopic (exact) mass is 380 g/mol. The van der Waals surface area contributed by atoms with Gasteiger partial charge in [-0.25, -0.2) is 4.98 Å². The van der Waals surface area contributed by atoms with E-state index in [1.807, 2.05) is 65.0 Å². The van der Waals surface area contributed by atoms with Crippen molar-refractivity contribution in [3.05, 3.63) is 75.7 Å². The third kappa shape index (κ3) is 3.44. The first kappa shape index (κ1) is 16.7. The van der Waals surface area contributed by atoms with E-state index in [-0.39, 0.29) is 5.91 Å². The molecule has 4 rings (SSSR count). The Hall–Kier alpha value is -2.77. The summed E-state index contributed by atoms with van der Waals surface area (Å²) >= 11 is 3.04. The summed E-state index contributed by atoms with van der Waals surface area (Å²) in [5.41, 5.74) is 3.60. The third-order valence-corrected chi connectivity index (χ3v) is 5.82. The summed E-state index contributed by atoms with van der Waals surface area (Å²) in [7, 11) is 0. The molecule has 3 aromatic heterocycles. The number of nitrogens with one attached hydrogen (secondary N) is 1. The van der Waals surface area contributed by atoms with E-state index in [0.717, 1.165) is 27.5 Å². The second kappa shape index (κ2) is 7.23. The van der Waals surface area contributed by atoms with Gasteiger partial charge in [0.2, 0.25) is 0 Å². The van der Waals surface area contributed by atoms with Crippen molar-refractivity contribution in [1.82, 2.24) is 14.8 Å². The number of benzene rings is 1. The molecular formula is C19H16N4OS2. The lowest BCUT2D eigenvalue weighted by atomic mass is 10.1. The number of carbonyl (C=O) groups excluding carboxylic acids is 1. The van der Waals surface area contributed by atoms with Gasteiger partial charge in [-0.2, -0.15) is 16.4 Å². The summed E-state index contributed by atoms with van der Waals surface area (Å²) in [6.07, 6.45) is 3.65. The lowest BCUT2D eigenvalue weighted by Crippen LogP contribution is -2.14. The number of thiophene rings is 1. The van der Waals surface area contributed by atoms with Gasteiger partial charge in [0.05, 0.1) is 12.2 Å². The first-order valence-corrected chi connectivity index (χ1v) is 9.83. The van der Waals surface area contributed by atoms with Crippen LogP contribution in [0.4, 0.5) is 5.69 Å². The van der Waals surface area contributed by atoms with E-state index in [9.17, 15) is 4.79 Å². The van der Waals surface area contributed by atoms with Crippen LogP contribution in [-0.4, -0.2) is 20.7 Å². The molecule has 0 atom stereocenters. The molecule has 0 saturated carbocycles. The normalized spacial score (nSPS) is 10.8. The first-order valence-electron chi connectivity index (χ1n) is 8.07. The molecule has 0 unspecified atom stereocenters. The number of amides is 1. The maximum atomic E-state index is 12.8. The minimum absolute atomic E-state index is 0.130. The van der Waals surface area contributed by atoms with Gasteiger partial charge in [-0.05, 0) is 36.1 Å². The van der Waals surface area contributed by atoms with Crippen molar-refractivity contribution in [3.63, 3.8) is 0 Å². The van der Waals surface area contributed by atoms with Crippen LogP contribution < -0.4 is 5.32 Å². The number of nitrogens with zero attached hydrogens (tertiary/aromatic N) is 3. The smallest absolute Gasteiger partial charge is 0.267 e. The van der Waals surface area contributed by atoms with Gasteiger partial charge in [0.1, 0.15) is 9.88 Å². The Kier molecular flexibility index (Phi) is 4.64. The number of thiazole rings is 1. The average Bonchev–Trinajstić information content (AvgIpc) is 3.37. The lowest BCUT2D eigenvalue weighted by molar-refractivity contribution is 0.102. The molecule has 0 aliphatic carbocycles. The maximum absolute atomic E-state index is 12.8. The molecule has 3 heterocycles. The lowest BCUT2D eigenvalue weighted by Gasteiger charge is -2.10. The summed E-state index contributed by atoms with van der Waals surface area (Å²) in [6, 6.07) is 11.7. The molecule has 0 saturated heterocycles. The summed E-state index contributed by atoms with van der Waals surface area (Å²) in [4.78, 5) is 18.0. The minimum atomic E-state index is -0.130. The number of rotatable bonds is 5. The molecule has 1 aromatic carbocycles. The van der Waals surface area contributed by atoms with Crippen LogP contribution >= 0.6 is 22.7 Å². The molecule has 0 bridgehead atoms. The Morgan fingerprint density at radius 2 is 2.12 bits per heavy atom. The zero-order valence-corrected chi connectivity index (χ0v) is 15.7. The standard InChI is InChI=1S/C19H16N4OS2/c1-13-17(26-19(21-13)15-7-10-25-12-15)18(24)22-16-6-3-2-5-14(16)11-23-9-4-8-20-23/h2-10,12H,11H2,1H3,(H,22,24). The predicted octanol–water partition coefficient (Wildman–Crippen LogP) is 4.68. The molecule has 1 N–H and O–H groups in total. The molecule has 0 radical (unpaired) electrons. The largest absolute Gasteiger partial charge is 0.321 e. The summed E-state index contributed by atoms with van der Waals surface area (Å²) in [5.74, 6) is -0.130. The minimum Gasteiger partial charge on any atom is -0.321 e. The molecule has 4 aromatic rings. The van der Waals surface area contributed by atoms with E-state index < -0.39 is 0 Å². The number of anilines is 1. The number of aromatic nitrogens is 3. The summed E-state index contributed by atoms with van der Waals surface area (Å²) in [6.45, 7) is 2.47. The van der Waals surface area contributed by atoms with Gasteiger partial charge in [0, 0.05) is 29.0 Å². The number of carbonyl (C=O) groups is 1. The quantitative estimate of drug-likeness (QED) is 0.547. The highest BCUT2D eigenvalue weighted by Gasteiger charge is 2.17. The van der Waals surface area contributed by atoms with Crippen molar-refractivity contribution in [2.24, 2.45) is 0 Å². The van der Waals surface area contributed by atoms with Crippen molar-refractivity contribution >= 4 is 34.3 Å². The fraction of sp³-hybridized carbons (Fsp3) is 0.105. The van der Waals surface area contributed by atoms with E-state index in [4.69, 9.17) is 0 Å². The van der Waals surface area contributed by atoms with E-state index in [2.05, 4.69) is 15.4 Å². The van der Waals surface area contributed by atoms with Crippen LogP contribution in [0.2, 0.25) is 0 Å². The highest BCUT2D eigenvalue weighted by molar-refractivity contribution is 7.17. The van der Waals surface area contributed by atoms with E-state index in [1.54, 1.807) is 17.5 Å². The number of para-hydroxylation sites is 1. The zero-order valence-electron chi connectivity index (χ0n) is 14.0. The number of aryl methyl sites for hydroxylation is 1. The van der Waals surface area contributed by atoms with Crippen molar-refractivity contribution in [3.8, 4) is 10.6 Å². The zero-order chi connectivity index (χ0) is 17.9. The van der Waals surface area contributed by atoms with Gasteiger partial charge in [-0.3, -0.25) is 9.48 Å². The highest BCUT2D eigenvalue weighted by Crippen LogP contribution is 2.30. The molecule has 0 fully saturated rings. The van der Waals surface area contributed by atoms with Crippen LogP contribution in [0.25, 0.3) is 10.6 Å². The molecular weight excluding hydrogens is 364 g/mol. The van der Waals surface area contributed by atoms with Crippen LogP contribution in [0.5, 0.6) is 0 Å². The molecule has 130 valence electrons. The summed E-state index contributed by atoms with van der Waals surface area (Å²) < 4.78 is 1.83. The molecule has 7 heteroatoms. The van der Waals surface area contributed by atoms with Gasteiger partial charge in [-0.15, -0.1) is 11.3 Å². The van der Waals surface area contributed by atoms with Crippen LogP contribution in [0.15, 0.2) is 59.6 Å². The molecule has 0 aliphatic heterocycles. The van der Waals surface area contributed by atoms with Crippen molar-refractivity contribution in [1.29, 1.82) is 0 Å². The Bertz CT molecular complexity index is 1020. The Labute approximate surface area is 159 Å². The van der Waals surface area contributed by atoms with Gasteiger partial charge < -0.3 is 5.32 Å². The van der Waals surface area contributed by atoms with Crippen LogP contribution in [-0.2, 0) is 6.54 Å². The maximum Gasteiger partial charge on any atom is 0.267 e. The number of hydrogen-bond donors (Lipinski definition) is 1. The Balaban J connectivity index is 1.57. The van der Waals surface area contributed by atoms with E-state index >= 15 is 0 Å². The van der Waals surface area contributed by atoms with Gasteiger partial charge in [0.15, 0.2) is 0 Å². The van der Waals surface area contributed by atoms with E-state index in [0.29, 0.717) is 11.4 Å². The second-order valence-corrected chi connectivity index (χ2v) is 7.54. The highest BCUT2D eigenvalue weighted by atomic mass is 32.1. The topological polar surface area (TPSA) is 59.8 Å². The Morgan fingerprint density at radius 3 is 2.88 bits per heavy atom. The van der Waals surface area contributed by atoms with Crippen LogP contribution in [0, 0.1) is 6.92 Å². The predicted molar refractivity (Wildman–Crippen MR) is 106 cm³/mol. The van der Waals surface area contributed by atoms with Crippen LogP contribution in [0.1, 0.15) is 20.9 Å². The van der Waals surface area contributed by atoms with Crippen molar-refractivity contribution in [2.75, 3.05) is 5.32 Å². The third-order valence-electron chi connectivity index (χ3n) is 3.93. The molecule has 0 aliphatic rings. The van der Waals surface area contributed by atoms with Gasteiger partial charge in [-0.1, -0.05) is 18.2 Å². The SMILES string of the molecule is Cc1nc(-c2ccsc2)sc1C(=O)Nc1ccccc1Cn1cccn1. The van der Waals surface area contributed by atoms with Crippen molar-refractivity contribution < 1.29 is 4.79 Å². The molecule has 26 heavy (non-hydrogen) atoms. The van der Waals surface area contributed by atoms with Gasteiger partial charge >= 0.3 is 0 Å². The Morgan fingerprint density at radius 1 is 1.23 bits per heavy atom. The average molecular weight is 380 g/mol. The first-order chi connectivity index (χ1) is 12.7. The second-order valence-electron chi connectivity index (χ2n) is 5.76. The molecule has 0 spiro atoms. The molecule has 1 amide bonds. The van der Waals surface area contributed by atoms with E-state index in [1.165, 1.54) is 11.3 Å². The van der Waals surface area contributed by atoms with Crippen molar-refractivity contribution in [2.45, 2.75) is 13.5 Å². The fourth-order valence-corrected chi connectivity index (χ4v) is 4.32. The van der Waals surface area contributed by atoms with Crippen LogP contribution in [0.3, 0.4) is 0 Å². The fourth-order valence-electron chi connectivity index (χ4n) is 2.64. The van der Waals surface area contributed by atoms with Gasteiger partial charge in [0.25, 0.3) is 5.91 Å². The summed E-state index contributed by atoms with van der Waals surface area (Å²) in [5, 5.41) is 12.2. The molecule has 5 nitrogen and oxygen atoms in total. The number of hydrogen-bond acceptors (Lipinski definition) is 5.